The standard InChI is InChI=1S/C16H19F4NO4/c1-23-14(22)10-2-4-11(5-3-10)21-12(8-24-15(17)18)6-7-13(21)9-25-16(19)20/h2-5,12-13,15-16H,6-9H2,1H3. The van der Waals surface area contributed by atoms with E-state index in [1.165, 1.54) is 19.2 Å². The summed E-state index contributed by atoms with van der Waals surface area (Å²) < 4.78 is 62.7. The first kappa shape index (κ1) is 19.5. The van der Waals surface area contributed by atoms with Crippen LogP contribution in [0.15, 0.2) is 24.3 Å². The number of benzene rings is 1. The van der Waals surface area contributed by atoms with Crippen LogP contribution in [-0.4, -0.2) is 51.6 Å². The van der Waals surface area contributed by atoms with Gasteiger partial charge in [-0.25, -0.2) is 4.79 Å². The third kappa shape index (κ3) is 5.30. The van der Waals surface area contributed by atoms with Crippen LogP contribution in [0.25, 0.3) is 0 Å². The molecule has 1 aliphatic rings. The fourth-order valence-corrected chi connectivity index (χ4v) is 2.97. The van der Waals surface area contributed by atoms with Gasteiger partial charge >= 0.3 is 19.2 Å². The molecule has 0 aromatic heterocycles. The molecular formula is C16H19F4NO4. The molecule has 5 nitrogen and oxygen atoms in total. The molecule has 1 saturated heterocycles. The molecule has 1 aromatic rings. The number of esters is 1. The molecule has 0 saturated carbocycles. The second kappa shape index (κ2) is 9.00. The molecule has 1 heterocycles. The lowest BCUT2D eigenvalue weighted by Crippen LogP contribution is -2.41. The van der Waals surface area contributed by atoms with E-state index in [1.54, 1.807) is 17.0 Å². The molecule has 0 N–H and O–H groups in total. The molecule has 1 fully saturated rings. The maximum absolute atomic E-state index is 12.3. The molecule has 0 spiro atoms. The molecule has 1 aliphatic heterocycles. The van der Waals surface area contributed by atoms with Crippen LogP contribution in [0.1, 0.15) is 23.2 Å². The van der Waals surface area contributed by atoms with Gasteiger partial charge in [0.15, 0.2) is 0 Å². The van der Waals surface area contributed by atoms with Gasteiger partial charge in [-0.2, -0.15) is 17.6 Å². The molecule has 2 atom stereocenters. The summed E-state index contributed by atoms with van der Waals surface area (Å²) in [4.78, 5) is 13.2. The Morgan fingerprint density at radius 2 is 1.52 bits per heavy atom. The monoisotopic (exact) mass is 365 g/mol. The summed E-state index contributed by atoms with van der Waals surface area (Å²) in [6, 6.07) is 5.48. The summed E-state index contributed by atoms with van der Waals surface area (Å²) in [5, 5.41) is 0. The molecule has 0 amide bonds. The Labute approximate surface area is 142 Å². The Hall–Kier alpha value is -1.87. The Kier molecular flexibility index (Phi) is 7.01. The Morgan fingerprint density at radius 3 is 1.92 bits per heavy atom. The number of rotatable bonds is 8. The molecule has 2 rings (SSSR count). The van der Waals surface area contributed by atoms with Crippen LogP contribution < -0.4 is 4.90 Å². The van der Waals surface area contributed by atoms with Crippen molar-refractivity contribution in [3.63, 3.8) is 0 Å². The molecule has 140 valence electrons. The molecule has 0 bridgehead atoms. The van der Waals surface area contributed by atoms with Crippen molar-refractivity contribution >= 4 is 11.7 Å². The fourth-order valence-electron chi connectivity index (χ4n) is 2.97. The van der Waals surface area contributed by atoms with E-state index in [9.17, 15) is 22.4 Å². The van der Waals surface area contributed by atoms with Gasteiger partial charge in [-0.3, -0.25) is 0 Å². The predicted molar refractivity (Wildman–Crippen MR) is 81.0 cm³/mol. The van der Waals surface area contributed by atoms with E-state index in [4.69, 9.17) is 0 Å². The zero-order chi connectivity index (χ0) is 18.4. The van der Waals surface area contributed by atoms with Gasteiger partial charge in [0, 0.05) is 5.69 Å². The molecule has 25 heavy (non-hydrogen) atoms. The topological polar surface area (TPSA) is 48.0 Å². The maximum atomic E-state index is 12.3. The SMILES string of the molecule is COC(=O)c1ccc(N2C(COC(F)F)CCC2COC(F)F)cc1. The highest BCUT2D eigenvalue weighted by Gasteiger charge is 2.35. The van der Waals surface area contributed by atoms with Crippen LogP contribution in [-0.2, 0) is 14.2 Å². The third-order valence-electron chi connectivity index (χ3n) is 4.04. The number of carbonyl (C=O) groups is 1. The van der Waals surface area contributed by atoms with Gasteiger partial charge in [0.25, 0.3) is 0 Å². The van der Waals surface area contributed by atoms with Crippen LogP contribution in [0.4, 0.5) is 23.2 Å². The lowest BCUT2D eigenvalue weighted by molar-refractivity contribution is -0.134. The molecule has 0 radical (unpaired) electrons. The number of ether oxygens (including phenoxy) is 3. The summed E-state index contributed by atoms with van der Waals surface area (Å²) in [6.07, 6.45) is 1.01. The average Bonchev–Trinajstić information content (AvgIpc) is 3.00. The van der Waals surface area contributed by atoms with E-state index in [0.717, 1.165) is 0 Å². The summed E-state index contributed by atoms with van der Waals surface area (Å²) in [6.45, 7) is -6.27. The van der Waals surface area contributed by atoms with Crippen molar-refractivity contribution in [2.75, 3.05) is 25.2 Å². The van der Waals surface area contributed by atoms with Gasteiger partial charge < -0.3 is 19.1 Å². The quantitative estimate of drug-likeness (QED) is 0.523. The van der Waals surface area contributed by atoms with E-state index < -0.39 is 31.3 Å². The van der Waals surface area contributed by atoms with E-state index in [-0.39, 0.29) is 13.2 Å². The number of hydrogen-bond acceptors (Lipinski definition) is 5. The van der Waals surface area contributed by atoms with E-state index in [1.807, 2.05) is 0 Å². The summed E-state index contributed by atoms with van der Waals surface area (Å²) in [7, 11) is 1.26. The third-order valence-corrected chi connectivity index (χ3v) is 4.04. The largest absolute Gasteiger partial charge is 0.465 e. The number of carbonyl (C=O) groups excluding carboxylic acids is 1. The average molecular weight is 365 g/mol. The van der Waals surface area contributed by atoms with Crippen molar-refractivity contribution in [3.8, 4) is 0 Å². The van der Waals surface area contributed by atoms with E-state index in [2.05, 4.69) is 14.2 Å². The van der Waals surface area contributed by atoms with Gasteiger partial charge in [-0.1, -0.05) is 0 Å². The minimum absolute atomic E-state index is 0.235. The minimum atomic E-state index is -2.90. The molecular weight excluding hydrogens is 346 g/mol. The number of nitrogens with zero attached hydrogens (tertiary/aromatic N) is 1. The van der Waals surface area contributed by atoms with Crippen molar-refractivity contribution in [3.05, 3.63) is 29.8 Å². The Balaban J connectivity index is 2.16. The molecule has 9 heteroatoms. The number of hydrogen-bond donors (Lipinski definition) is 0. The normalized spacial score (nSPS) is 20.5. The van der Waals surface area contributed by atoms with Gasteiger partial charge in [0.05, 0.1) is 38.0 Å². The van der Waals surface area contributed by atoms with Crippen molar-refractivity contribution in [1.82, 2.24) is 0 Å². The van der Waals surface area contributed by atoms with Gasteiger partial charge in [0.1, 0.15) is 0 Å². The summed E-state index contributed by atoms with van der Waals surface area (Å²) >= 11 is 0. The lowest BCUT2D eigenvalue weighted by Gasteiger charge is -2.32. The first-order valence-electron chi connectivity index (χ1n) is 7.68. The zero-order valence-electron chi connectivity index (χ0n) is 13.5. The highest BCUT2D eigenvalue weighted by Crippen LogP contribution is 2.32. The fraction of sp³-hybridized carbons (Fsp3) is 0.562. The highest BCUT2D eigenvalue weighted by atomic mass is 19.3. The van der Waals surface area contributed by atoms with Gasteiger partial charge in [0.2, 0.25) is 0 Å². The van der Waals surface area contributed by atoms with Crippen LogP contribution in [0, 0.1) is 0 Å². The maximum Gasteiger partial charge on any atom is 0.345 e. The van der Waals surface area contributed by atoms with Crippen LogP contribution in [0.3, 0.4) is 0 Å². The number of methoxy groups -OCH3 is 1. The van der Waals surface area contributed by atoms with Crippen molar-refractivity contribution in [2.24, 2.45) is 0 Å². The predicted octanol–water partition coefficient (Wildman–Crippen LogP) is 3.29. The van der Waals surface area contributed by atoms with E-state index >= 15 is 0 Å². The number of anilines is 1. The Morgan fingerprint density at radius 1 is 1.04 bits per heavy atom. The van der Waals surface area contributed by atoms with Crippen molar-refractivity contribution in [1.29, 1.82) is 0 Å². The van der Waals surface area contributed by atoms with Crippen LogP contribution in [0.5, 0.6) is 0 Å². The van der Waals surface area contributed by atoms with Crippen LogP contribution >= 0.6 is 0 Å². The smallest absolute Gasteiger partial charge is 0.345 e. The van der Waals surface area contributed by atoms with E-state index in [0.29, 0.717) is 24.1 Å². The highest BCUT2D eigenvalue weighted by molar-refractivity contribution is 5.89. The van der Waals surface area contributed by atoms with Gasteiger partial charge in [-0.05, 0) is 37.1 Å². The summed E-state index contributed by atoms with van der Waals surface area (Å²) in [5.41, 5.74) is 0.932. The lowest BCUT2D eigenvalue weighted by atomic mass is 10.1. The molecule has 2 unspecified atom stereocenters. The summed E-state index contributed by atoms with van der Waals surface area (Å²) in [5.74, 6) is -0.511. The Bertz CT molecular complexity index is 536. The zero-order valence-corrected chi connectivity index (χ0v) is 13.5. The first-order valence-corrected chi connectivity index (χ1v) is 7.68. The molecule has 0 aliphatic carbocycles. The first-order chi connectivity index (χ1) is 11.9. The molecule has 1 aromatic carbocycles. The van der Waals surface area contributed by atoms with Crippen molar-refractivity contribution in [2.45, 2.75) is 38.1 Å². The number of alkyl halides is 4. The second-order valence-electron chi connectivity index (χ2n) is 5.52. The second-order valence-corrected chi connectivity index (χ2v) is 5.52. The van der Waals surface area contributed by atoms with Gasteiger partial charge in [-0.15, -0.1) is 0 Å². The van der Waals surface area contributed by atoms with Crippen LogP contribution in [0.2, 0.25) is 0 Å². The van der Waals surface area contributed by atoms with Crippen molar-refractivity contribution < 1.29 is 36.6 Å². The minimum Gasteiger partial charge on any atom is -0.465 e. The number of halogens is 4.